The van der Waals surface area contributed by atoms with Crippen LogP contribution in [0.3, 0.4) is 0 Å². The zero-order chi connectivity index (χ0) is 20.7. The normalized spacial score (nSPS) is 15.3. The molecule has 29 heavy (non-hydrogen) atoms. The number of carboxylic acids is 1. The summed E-state index contributed by atoms with van der Waals surface area (Å²) >= 11 is 0. The van der Waals surface area contributed by atoms with Gasteiger partial charge in [-0.15, -0.1) is 0 Å². The van der Waals surface area contributed by atoms with E-state index < -0.39 is 17.9 Å². The van der Waals surface area contributed by atoms with Gasteiger partial charge in [0.05, 0.1) is 11.8 Å². The maximum Gasteiger partial charge on any atom is 0.322 e. The number of aliphatic carboxylic acids is 1. The highest BCUT2D eigenvalue weighted by molar-refractivity contribution is 5.99. The van der Waals surface area contributed by atoms with Crippen molar-refractivity contribution < 1.29 is 24.2 Å². The summed E-state index contributed by atoms with van der Waals surface area (Å²) in [6, 6.07) is 16.7. The summed E-state index contributed by atoms with van der Waals surface area (Å²) in [5.41, 5.74) is 1.73. The molecule has 1 saturated heterocycles. The van der Waals surface area contributed by atoms with Crippen LogP contribution in [0.4, 0.5) is 5.69 Å². The molecule has 0 bridgehead atoms. The Labute approximate surface area is 169 Å². The Morgan fingerprint density at radius 3 is 2.24 bits per heavy atom. The van der Waals surface area contributed by atoms with Gasteiger partial charge in [0.2, 0.25) is 11.8 Å². The molecule has 2 aromatic rings. The summed E-state index contributed by atoms with van der Waals surface area (Å²) in [4.78, 5) is 35.4. The molecule has 7 heteroatoms. The maximum atomic E-state index is 13.2. The van der Waals surface area contributed by atoms with Crippen LogP contribution in [-0.2, 0) is 31.0 Å². The first-order valence-corrected chi connectivity index (χ1v) is 9.52. The molecule has 0 unspecified atom stereocenters. The third kappa shape index (κ3) is 5.20. The second kappa shape index (κ2) is 9.34. The largest absolute Gasteiger partial charge is 0.480 e. The van der Waals surface area contributed by atoms with E-state index in [9.17, 15) is 14.4 Å². The van der Waals surface area contributed by atoms with Gasteiger partial charge in [0.1, 0.15) is 6.54 Å². The van der Waals surface area contributed by atoms with Gasteiger partial charge < -0.3 is 20.5 Å². The van der Waals surface area contributed by atoms with Crippen LogP contribution in [0.5, 0.6) is 0 Å². The van der Waals surface area contributed by atoms with E-state index in [-0.39, 0.29) is 18.2 Å². The highest BCUT2D eigenvalue weighted by atomic mass is 16.5. The number of hydrogen-bond acceptors (Lipinski definition) is 4. The van der Waals surface area contributed by atoms with Crippen molar-refractivity contribution in [3.8, 4) is 0 Å². The molecular weight excluding hydrogens is 372 g/mol. The van der Waals surface area contributed by atoms with E-state index in [1.165, 1.54) is 0 Å². The SMILES string of the molecule is O=C(O)CNC(=O)Cc1ccc(NC(=O)C2(c3ccccc3)CCOCC2)cc1. The molecule has 1 fully saturated rings. The minimum absolute atomic E-state index is 0.0704. The Hall–Kier alpha value is -3.19. The van der Waals surface area contributed by atoms with Crippen molar-refractivity contribution in [1.29, 1.82) is 0 Å². The van der Waals surface area contributed by atoms with Crippen LogP contribution >= 0.6 is 0 Å². The number of rotatable bonds is 7. The number of carbonyl (C=O) groups excluding carboxylic acids is 2. The molecule has 0 aromatic heterocycles. The van der Waals surface area contributed by atoms with Gasteiger partial charge in [0, 0.05) is 18.9 Å². The van der Waals surface area contributed by atoms with Gasteiger partial charge in [0.15, 0.2) is 0 Å². The van der Waals surface area contributed by atoms with Crippen molar-refractivity contribution in [2.75, 3.05) is 25.1 Å². The molecule has 1 heterocycles. The van der Waals surface area contributed by atoms with Gasteiger partial charge >= 0.3 is 5.97 Å². The minimum atomic E-state index is -1.09. The molecule has 7 nitrogen and oxygen atoms in total. The van der Waals surface area contributed by atoms with Gasteiger partial charge in [-0.2, -0.15) is 0 Å². The predicted octanol–water partition coefficient (Wildman–Crippen LogP) is 2.12. The fraction of sp³-hybridized carbons (Fsp3) is 0.318. The summed E-state index contributed by atoms with van der Waals surface area (Å²) < 4.78 is 5.48. The number of hydrogen-bond donors (Lipinski definition) is 3. The lowest BCUT2D eigenvalue weighted by atomic mass is 9.73. The quantitative estimate of drug-likeness (QED) is 0.665. The number of ether oxygens (including phenoxy) is 1. The van der Waals surface area contributed by atoms with E-state index in [0.29, 0.717) is 31.7 Å². The maximum absolute atomic E-state index is 13.2. The molecular formula is C22H24N2O5. The van der Waals surface area contributed by atoms with Crippen LogP contribution in [0.2, 0.25) is 0 Å². The summed E-state index contributed by atoms with van der Waals surface area (Å²) in [5.74, 6) is -1.52. The zero-order valence-electron chi connectivity index (χ0n) is 16.0. The fourth-order valence-corrected chi connectivity index (χ4v) is 3.50. The first kappa shape index (κ1) is 20.5. The van der Waals surface area contributed by atoms with Gasteiger partial charge in [0.25, 0.3) is 0 Å². The molecule has 0 saturated carbocycles. The summed E-state index contributed by atoms with van der Waals surface area (Å²) in [7, 11) is 0. The Bertz CT molecular complexity index is 859. The van der Waals surface area contributed by atoms with Crippen molar-refractivity contribution in [3.63, 3.8) is 0 Å². The standard InChI is InChI=1S/C22H24N2O5/c25-19(23-15-20(26)27)14-16-6-8-18(9-7-16)24-21(28)22(10-12-29-13-11-22)17-4-2-1-3-5-17/h1-9H,10-15H2,(H,23,25)(H,24,28)(H,26,27). The number of anilines is 1. The second-order valence-corrected chi connectivity index (χ2v) is 7.06. The predicted molar refractivity (Wildman–Crippen MR) is 108 cm³/mol. The molecule has 152 valence electrons. The molecule has 0 aliphatic carbocycles. The lowest BCUT2D eigenvalue weighted by molar-refractivity contribution is -0.137. The first-order chi connectivity index (χ1) is 14.0. The number of amides is 2. The summed E-state index contributed by atoms with van der Waals surface area (Å²) in [5, 5.41) is 13.9. The van der Waals surface area contributed by atoms with Crippen LogP contribution in [0, 0.1) is 0 Å². The van der Waals surface area contributed by atoms with E-state index in [0.717, 1.165) is 11.1 Å². The van der Waals surface area contributed by atoms with Crippen molar-refractivity contribution >= 4 is 23.5 Å². The van der Waals surface area contributed by atoms with E-state index in [2.05, 4.69) is 10.6 Å². The van der Waals surface area contributed by atoms with Gasteiger partial charge in [-0.1, -0.05) is 42.5 Å². The van der Waals surface area contributed by atoms with Crippen LogP contribution in [0.1, 0.15) is 24.0 Å². The number of carboxylic acid groups (broad SMARTS) is 1. The lowest BCUT2D eigenvalue weighted by Crippen LogP contribution is -2.44. The Balaban J connectivity index is 1.67. The molecule has 3 N–H and O–H groups in total. The van der Waals surface area contributed by atoms with E-state index in [1.54, 1.807) is 24.3 Å². The van der Waals surface area contributed by atoms with Crippen molar-refractivity contribution in [2.45, 2.75) is 24.7 Å². The third-order valence-electron chi connectivity index (χ3n) is 5.12. The third-order valence-corrected chi connectivity index (χ3v) is 5.12. The highest BCUT2D eigenvalue weighted by Gasteiger charge is 2.41. The Kier molecular flexibility index (Phi) is 6.61. The van der Waals surface area contributed by atoms with Gasteiger partial charge in [-0.3, -0.25) is 14.4 Å². The molecule has 0 atom stereocenters. The second-order valence-electron chi connectivity index (χ2n) is 7.06. The summed E-state index contributed by atoms with van der Waals surface area (Å²) in [6.45, 7) is 0.664. The average Bonchev–Trinajstić information content (AvgIpc) is 2.75. The monoisotopic (exact) mass is 396 g/mol. The van der Waals surface area contributed by atoms with E-state index >= 15 is 0 Å². The number of carbonyl (C=O) groups is 3. The van der Waals surface area contributed by atoms with E-state index in [4.69, 9.17) is 9.84 Å². The molecule has 2 amide bonds. The van der Waals surface area contributed by atoms with Crippen molar-refractivity contribution in [3.05, 3.63) is 65.7 Å². The molecule has 1 aliphatic rings. The van der Waals surface area contributed by atoms with Crippen molar-refractivity contribution in [2.24, 2.45) is 0 Å². The van der Waals surface area contributed by atoms with Crippen LogP contribution in [-0.4, -0.2) is 42.6 Å². The highest BCUT2D eigenvalue weighted by Crippen LogP contribution is 2.36. The van der Waals surface area contributed by atoms with Crippen LogP contribution < -0.4 is 10.6 Å². The van der Waals surface area contributed by atoms with Crippen molar-refractivity contribution in [1.82, 2.24) is 5.32 Å². The Morgan fingerprint density at radius 1 is 0.966 bits per heavy atom. The zero-order valence-corrected chi connectivity index (χ0v) is 16.0. The molecule has 2 aromatic carbocycles. The fourth-order valence-electron chi connectivity index (χ4n) is 3.50. The Morgan fingerprint density at radius 2 is 1.62 bits per heavy atom. The van der Waals surface area contributed by atoms with Gasteiger partial charge in [-0.05, 0) is 36.1 Å². The molecule has 3 rings (SSSR count). The topological polar surface area (TPSA) is 105 Å². The average molecular weight is 396 g/mol. The van der Waals surface area contributed by atoms with Crippen LogP contribution in [0.15, 0.2) is 54.6 Å². The number of benzene rings is 2. The van der Waals surface area contributed by atoms with Crippen LogP contribution in [0.25, 0.3) is 0 Å². The smallest absolute Gasteiger partial charge is 0.322 e. The number of nitrogens with one attached hydrogen (secondary N) is 2. The minimum Gasteiger partial charge on any atom is -0.480 e. The van der Waals surface area contributed by atoms with E-state index in [1.807, 2.05) is 30.3 Å². The summed E-state index contributed by atoms with van der Waals surface area (Å²) in [6.07, 6.45) is 1.31. The first-order valence-electron chi connectivity index (χ1n) is 9.52. The van der Waals surface area contributed by atoms with Gasteiger partial charge in [-0.25, -0.2) is 0 Å². The molecule has 1 aliphatic heterocycles. The molecule has 0 spiro atoms. The lowest BCUT2D eigenvalue weighted by Gasteiger charge is -2.36. The molecule has 0 radical (unpaired) electrons.